The summed E-state index contributed by atoms with van der Waals surface area (Å²) >= 11 is 0. The van der Waals surface area contributed by atoms with Gasteiger partial charge in [0.1, 0.15) is 23.7 Å². The first-order valence-electron chi connectivity index (χ1n) is 9.61. The maximum Gasteiger partial charge on any atom is 0.193 e. The molecule has 3 rings (SSSR count). The Bertz CT molecular complexity index is 1070. The zero-order valence-electron chi connectivity index (χ0n) is 16.7. The highest BCUT2D eigenvalue weighted by molar-refractivity contribution is 5.79. The molecule has 3 aromatic rings. The number of nitrogens with zero attached hydrogens (tertiary/aromatic N) is 3. The summed E-state index contributed by atoms with van der Waals surface area (Å²) in [5.74, 6) is 1.22. The van der Waals surface area contributed by atoms with Gasteiger partial charge >= 0.3 is 0 Å². The van der Waals surface area contributed by atoms with Crippen molar-refractivity contribution in [2.75, 3.05) is 39.6 Å². The molecule has 0 amide bonds. The second-order valence-electron chi connectivity index (χ2n) is 6.53. The first kappa shape index (κ1) is 21.4. The Balaban J connectivity index is 1.46. The number of hydrogen-bond acceptors (Lipinski definition) is 6. The summed E-state index contributed by atoms with van der Waals surface area (Å²) in [6.45, 7) is 4.36. The Morgan fingerprint density at radius 1 is 0.967 bits per heavy atom. The van der Waals surface area contributed by atoms with Gasteiger partial charge in [-0.3, -0.25) is 4.79 Å². The van der Waals surface area contributed by atoms with Crippen LogP contribution in [0.5, 0.6) is 5.75 Å². The molecule has 0 spiro atoms. The lowest BCUT2D eigenvalue weighted by Gasteiger charge is -2.08. The van der Waals surface area contributed by atoms with E-state index in [0.29, 0.717) is 62.1 Å². The lowest BCUT2D eigenvalue weighted by Crippen LogP contribution is -2.11. The topological polar surface area (TPSA) is 107 Å². The highest BCUT2D eigenvalue weighted by atomic mass is 16.5. The van der Waals surface area contributed by atoms with E-state index in [9.17, 15) is 4.79 Å². The average molecular weight is 409 g/mol. The molecule has 156 valence electrons. The average Bonchev–Trinajstić information content (AvgIpc) is 2.76. The predicted octanol–water partition coefficient (Wildman–Crippen LogP) is 4.49. The molecule has 0 fully saturated rings. The minimum atomic E-state index is -0.0609. The Kier molecular flexibility index (Phi) is 7.86. The molecule has 2 aromatic carbocycles. The quantitative estimate of drug-likeness (QED) is 0.201. The van der Waals surface area contributed by atoms with Crippen molar-refractivity contribution >= 4 is 11.0 Å². The van der Waals surface area contributed by atoms with Crippen LogP contribution in [0.3, 0.4) is 0 Å². The third-order valence-corrected chi connectivity index (χ3v) is 4.29. The Morgan fingerprint density at radius 3 is 2.47 bits per heavy atom. The van der Waals surface area contributed by atoms with Crippen LogP contribution in [0, 0.1) is 6.92 Å². The Morgan fingerprint density at radius 2 is 1.70 bits per heavy atom. The molecule has 0 bridgehead atoms. The van der Waals surface area contributed by atoms with Crippen LogP contribution in [0.25, 0.3) is 32.7 Å². The van der Waals surface area contributed by atoms with E-state index in [-0.39, 0.29) is 5.43 Å². The summed E-state index contributed by atoms with van der Waals surface area (Å²) in [5, 5.41) is 3.96. The van der Waals surface area contributed by atoms with E-state index in [2.05, 4.69) is 10.0 Å². The number of ether oxygens (including phenoxy) is 3. The standard InChI is InChI=1S/C22H23N3O5/c1-16-2-7-21-19(14-16)20(26)15-22(30-21)17-3-5-18(6-4-17)29-13-12-28-11-10-27-9-8-24-25-23/h2-7,14-15H,8-13H2,1H3. The zero-order valence-corrected chi connectivity index (χ0v) is 16.7. The van der Waals surface area contributed by atoms with Crippen LogP contribution in [-0.4, -0.2) is 39.6 Å². The summed E-state index contributed by atoms with van der Waals surface area (Å²) in [6.07, 6.45) is 0. The molecule has 1 aromatic heterocycles. The monoisotopic (exact) mass is 409 g/mol. The largest absolute Gasteiger partial charge is 0.491 e. The molecule has 0 saturated carbocycles. The van der Waals surface area contributed by atoms with Gasteiger partial charge in [0, 0.05) is 23.1 Å². The van der Waals surface area contributed by atoms with Crippen molar-refractivity contribution in [1.29, 1.82) is 0 Å². The normalized spacial score (nSPS) is 10.7. The Hall–Kier alpha value is -3.32. The van der Waals surface area contributed by atoms with Crippen molar-refractivity contribution in [2.45, 2.75) is 6.92 Å². The zero-order chi connectivity index (χ0) is 21.2. The van der Waals surface area contributed by atoms with Crippen LogP contribution in [0.15, 0.2) is 62.9 Å². The molecule has 8 heteroatoms. The van der Waals surface area contributed by atoms with Crippen LogP contribution in [-0.2, 0) is 9.47 Å². The Labute approximate surface area is 173 Å². The minimum absolute atomic E-state index is 0.0609. The van der Waals surface area contributed by atoms with Crippen molar-refractivity contribution in [3.05, 3.63) is 74.8 Å². The number of aryl methyl sites for hydroxylation is 1. The molecule has 0 saturated heterocycles. The van der Waals surface area contributed by atoms with Gasteiger partial charge in [-0.1, -0.05) is 16.7 Å². The minimum Gasteiger partial charge on any atom is -0.491 e. The van der Waals surface area contributed by atoms with E-state index < -0.39 is 0 Å². The van der Waals surface area contributed by atoms with Crippen LogP contribution < -0.4 is 10.2 Å². The predicted molar refractivity (Wildman–Crippen MR) is 114 cm³/mol. The van der Waals surface area contributed by atoms with Gasteiger partial charge in [-0.25, -0.2) is 0 Å². The van der Waals surface area contributed by atoms with Gasteiger partial charge in [0.05, 0.1) is 31.8 Å². The van der Waals surface area contributed by atoms with Crippen LogP contribution in [0.1, 0.15) is 5.56 Å². The SMILES string of the molecule is Cc1ccc2oc(-c3ccc(OCCOCCOCCN=[N+]=[N-])cc3)cc(=O)c2c1. The van der Waals surface area contributed by atoms with Crippen LogP contribution >= 0.6 is 0 Å². The lowest BCUT2D eigenvalue weighted by atomic mass is 10.1. The summed E-state index contributed by atoms with van der Waals surface area (Å²) in [7, 11) is 0. The molecule has 0 radical (unpaired) electrons. The fourth-order valence-electron chi connectivity index (χ4n) is 2.82. The molecule has 8 nitrogen and oxygen atoms in total. The molecular formula is C22H23N3O5. The number of hydrogen-bond donors (Lipinski definition) is 0. The first-order valence-corrected chi connectivity index (χ1v) is 9.61. The van der Waals surface area contributed by atoms with Crippen molar-refractivity contribution in [1.82, 2.24) is 0 Å². The molecule has 0 atom stereocenters. The van der Waals surface area contributed by atoms with Gasteiger partial charge in [0.2, 0.25) is 0 Å². The van der Waals surface area contributed by atoms with Crippen molar-refractivity contribution in [3.63, 3.8) is 0 Å². The summed E-state index contributed by atoms with van der Waals surface area (Å²) in [6, 6.07) is 14.4. The smallest absolute Gasteiger partial charge is 0.193 e. The molecule has 30 heavy (non-hydrogen) atoms. The van der Waals surface area contributed by atoms with E-state index in [4.69, 9.17) is 24.2 Å². The third-order valence-electron chi connectivity index (χ3n) is 4.29. The second-order valence-corrected chi connectivity index (χ2v) is 6.53. The van der Waals surface area contributed by atoms with E-state index in [1.807, 2.05) is 49.4 Å². The first-order chi connectivity index (χ1) is 14.7. The summed E-state index contributed by atoms with van der Waals surface area (Å²) in [5.41, 5.74) is 10.5. The number of rotatable bonds is 11. The molecule has 0 unspecified atom stereocenters. The van der Waals surface area contributed by atoms with E-state index in [1.54, 1.807) is 0 Å². The van der Waals surface area contributed by atoms with Crippen molar-refractivity contribution in [3.8, 4) is 17.1 Å². The molecule has 0 aliphatic heterocycles. The van der Waals surface area contributed by atoms with Crippen LogP contribution in [0.2, 0.25) is 0 Å². The van der Waals surface area contributed by atoms with Gasteiger partial charge in [0.15, 0.2) is 5.43 Å². The number of azide groups is 1. The number of benzene rings is 2. The maximum atomic E-state index is 12.4. The van der Waals surface area contributed by atoms with Crippen molar-refractivity contribution in [2.24, 2.45) is 5.11 Å². The summed E-state index contributed by atoms with van der Waals surface area (Å²) in [4.78, 5) is 15.0. The number of fused-ring (bicyclic) bond motifs is 1. The van der Waals surface area contributed by atoms with Gasteiger partial charge in [-0.05, 0) is 48.9 Å². The fraction of sp³-hybridized carbons (Fsp3) is 0.318. The third kappa shape index (κ3) is 6.09. The van der Waals surface area contributed by atoms with Gasteiger partial charge in [0.25, 0.3) is 0 Å². The van der Waals surface area contributed by atoms with E-state index >= 15 is 0 Å². The summed E-state index contributed by atoms with van der Waals surface area (Å²) < 4.78 is 22.2. The fourth-order valence-corrected chi connectivity index (χ4v) is 2.82. The molecular weight excluding hydrogens is 386 g/mol. The van der Waals surface area contributed by atoms with E-state index in [0.717, 1.165) is 11.1 Å². The van der Waals surface area contributed by atoms with Gasteiger partial charge in [-0.15, -0.1) is 0 Å². The molecule has 0 aliphatic carbocycles. The molecule has 1 heterocycles. The van der Waals surface area contributed by atoms with Gasteiger partial charge in [-0.2, -0.15) is 0 Å². The highest BCUT2D eigenvalue weighted by Gasteiger charge is 2.07. The van der Waals surface area contributed by atoms with Crippen LogP contribution in [0.4, 0.5) is 0 Å². The highest BCUT2D eigenvalue weighted by Crippen LogP contribution is 2.24. The van der Waals surface area contributed by atoms with Crippen molar-refractivity contribution < 1.29 is 18.6 Å². The lowest BCUT2D eigenvalue weighted by molar-refractivity contribution is 0.0388. The van der Waals surface area contributed by atoms with E-state index in [1.165, 1.54) is 6.07 Å². The molecule has 0 N–H and O–H groups in total. The van der Waals surface area contributed by atoms with Gasteiger partial charge < -0.3 is 18.6 Å². The molecule has 0 aliphatic rings. The maximum absolute atomic E-state index is 12.4. The second kappa shape index (κ2) is 11.0.